The van der Waals surface area contributed by atoms with Gasteiger partial charge in [-0.25, -0.2) is 9.78 Å². The lowest BCUT2D eigenvalue weighted by molar-refractivity contribution is 0.0524. The molecule has 0 radical (unpaired) electrons. The summed E-state index contributed by atoms with van der Waals surface area (Å²) in [6.07, 6.45) is 1.65. The number of nitrogens with two attached hydrogens (primary N) is 1. The fraction of sp³-hybridized carbons (Fsp3) is 0.538. The molecule has 5 nitrogen and oxygen atoms in total. The molecule has 20 heavy (non-hydrogen) atoms. The van der Waals surface area contributed by atoms with Gasteiger partial charge in [0.1, 0.15) is 10.8 Å². The minimum absolute atomic E-state index is 0.260. The molecule has 1 amide bonds. The Bertz CT molecular complexity index is 475. The highest BCUT2D eigenvalue weighted by Crippen LogP contribution is 2.20. The molecule has 112 valence electrons. The second kappa shape index (κ2) is 7.11. The van der Waals surface area contributed by atoms with Gasteiger partial charge in [0, 0.05) is 18.8 Å². The number of alkyl carbamates (subject to hydrolysis) is 1. The third kappa shape index (κ3) is 6.41. The summed E-state index contributed by atoms with van der Waals surface area (Å²) in [4.78, 5) is 15.4. The van der Waals surface area contributed by atoms with Crippen LogP contribution in [0.2, 0.25) is 10.2 Å². The third-order valence-electron chi connectivity index (χ3n) is 2.26. The fourth-order valence-corrected chi connectivity index (χ4v) is 1.77. The number of carbonyl (C=O) groups excluding carboxylic acids is 1. The zero-order chi connectivity index (χ0) is 15.3. The Hall–Kier alpha value is -1.04. The molecule has 0 aromatic carbocycles. The molecule has 0 aliphatic rings. The van der Waals surface area contributed by atoms with E-state index in [9.17, 15) is 4.79 Å². The van der Waals surface area contributed by atoms with Gasteiger partial charge in [-0.15, -0.1) is 0 Å². The van der Waals surface area contributed by atoms with Crippen molar-refractivity contribution in [3.63, 3.8) is 0 Å². The number of rotatable bonds is 4. The largest absolute Gasteiger partial charge is 0.444 e. The summed E-state index contributed by atoms with van der Waals surface area (Å²) in [6, 6.07) is 1.45. The van der Waals surface area contributed by atoms with Gasteiger partial charge in [0.05, 0.1) is 5.02 Å². The molecule has 7 heteroatoms. The highest BCUT2D eigenvalue weighted by molar-refractivity contribution is 6.41. The topological polar surface area (TPSA) is 77.2 Å². The maximum atomic E-state index is 11.5. The van der Waals surface area contributed by atoms with Crippen LogP contribution in [-0.2, 0) is 11.2 Å². The Labute approximate surface area is 128 Å². The summed E-state index contributed by atoms with van der Waals surface area (Å²) in [7, 11) is 0. The van der Waals surface area contributed by atoms with Crippen molar-refractivity contribution in [1.82, 2.24) is 10.3 Å². The van der Waals surface area contributed by atoms with Crippen molar-refractivity contribution in [2.45, 2.75) is 38.8 Å². The molecule has 1 aromatic heterocycles. The summed E-state index contributed by atoms with van der Waals surface area (Å²) < 4.78 is 5.12. The molecule has 1 heterocycles. The number of nitrogens with one attached hydrogen (secondary N) is 1. The van der Waals surface area contributed by atoms with Gasteiger partial charge in [-0.05, 0) is 38.8 Å². The van der Waals surface area contributed by atoms with Crippen molar-refractivity contribution in [3.8, 4) is 0 Å². The number of amides is 1. The van der Waals surface area contributed by atoms with Crippen molar-refractivity contribution in [2.24, 2.45) is 5.73 Å². The van der Waals surface area contributed by atoms with E-state index in [0.29, 0.717) is 18.0 Å². The molecular formula is C13H19Cl2N3O2. The van der Waals surface area contributed by atoms with Gasteiger partial charge in [-0.3, -0.25) is 0 Å². The Morgan fingerprint density at radius 1 is 1.50 bits per heavy atom. The Kier molecular flexibility index (Phi) is 6.05. The van der Waals surface area contributed by atoms with Gasteiger partial charge >= 0.3 is 6.09 Å². The van der Waals surface area contributed by atoms with Crippen LogP contribution in [-0.4, -0.2) is 29.3 Å². The van der Waals surface area contributed by atoms with Gasteiger partial charge in [-0.2, -0.15) is 0 Å². The van der Waals surface area contributed by atoms with Crippen LogP contribution >= 0.6 is 23.2 Å². The summed E-state index contributed by atoms with van der Waals surface area (Å²) in [5, 5.41) is 3.27. The van der Waals surface area contributed by atoms with Crippen molar-refractivity contribution >= 4 is 29.3 Å². The molecule has 1 unspecified atom stereocenters. The summed E-state index contributed by atoms with van der Waals surface area (Å²) in [5.41, 5.74) is 6.26. The number of halogens is 2. The smallest absolute Gasteiger partial charge is 0.407 e. The fourth-order valence-electron chi connectivity index (χ4n) is 1.48. The van der Waals surface area contributed by atoms with E-state index in [1.165, 1.54) is 0 Å². The lowest BCUT2D eigenvalue weighted by Gasteiger charge is -2.20. The minimum Gasteiger partial charge on any atom is -0.444 e. The third-order valence-corrected chi connectivity index (χ3v) is 2.94. The molecule has 0 fully saturated rings. The maximum absolute atomic E-state index is 11.5. The quantitative estimate of drug-likeness (QED) is 0.836. The van der Waals surface area contributed by atoms with Crippen LogP contribution in [0.15, 0.2) is 12.3 Å². The number of hydrogen-bond acceptors (Lipinski definition) is 4. The van der Waals surface area contributed by atoms with Gasteiger partial charge in [0.15, 0.2) is 0 Å². The zero-order valence-electron chi connectivity index (χ0n) is 11.7. The first-order valence-corrected chi connectivity index (χ1v) is 6.95. The average Bonchev–Trinajstić information content (AvgIpc) is 2.29. The van der Waals surface area contributed by atoms with E-state index in [-0.39, 0.29) is 11.2 Å². The molecule has 1 rings (SSSR count). The molecule has 0 aliphatic carbocycles. The molecular weight excluding hydrogens is 301 g/mol. The number of carbonyl (C=O) groups is 1. The lowest BCUT2D eigenvalue weighted by atomic mass is 10.1. The van der Waals surface area contributed by atoms with Crippen LogP contribution in [0.5, 0.6) is 0 Å². The van der Waals surface area contributed by atoms with E-state index >= 15 is 0 Å². The summed E-state index contributed by atoms with van der Waals surface area (Å²) in [5.74, 6) is 0. The average molecular weight is 320 g/mol. The van der Waals surface area contributed by atoms with Crippen molar-refractivity contribution in [2.75, 3.05) is 6.54 Å². The Balaban J connectivity index is 2.42. The van der Waals surface area contributed by atoms with Crippen LogP contribution in [0, 0.1) is 0 Å². The molecule has 0 aliphatic heterocycles. The molecule has 0 bridgehead atoms. The van der Waals surface area contributed by atoms with Gasteiger partial charge in [0.2, 0.25) is 0 Å². The number of ether oxygens (including phenoxy) is 1. The van der Waals surface area contributed by atoms with E-state index in [4.69, 9.17) is 33.7 Å². The number of nitrogens with zero attached hydrogens (tertiary/aromatic N) is 1. The minimum atomic E-state index is -0.526. The summed E-state index contributed by atoms with van der Waals surface area (Å²) >= 11 is 11.6. The van der Waals surface area contributed by atoms with Crippen LogP contribution < -0.4 is 11.1 Å². The number of hydrogen-bond donors (Lipinski definition) is 2. The molecule has 0 saturated carbocycles. The van der Waals surface area contributed by atoms with Crippen molar-refractivity contribution < 1.29 is 9.53 Å². The monoisotopic (exact) mass is 319 g/mol. The SMILES string of the molecule is CC(C)(C)OC(=O)NCC(N)Cc1cnc(Cl)c(Cl)c1. The van der Waals surface area contributed by atoms with Crippen molar-refractivity contribution in [1.29, 1.82) is 0 Å². The number of aromatic nitrogens is 1. The predicted octanol–water partition coefficient (Wildman–Crippen LogP) is 2.78. The Morgan fingerprint density at radius 3 is 2.70 bits per heavy atom. The lowest BCUT2D eigenvalue weighted by Crippen LogP contribution is -2.41. The summed E-state index contributed by atoms with van der Waals surface area (Å²) in [6.45, 7) is 5.70. The Morgan fingerprint density at radius 2 is 2.15 bits per heavy atom. The molecule has 3 N–H and O–H groups in total. The standard InChI is InChI=1S/C13H19Cl2N3O2/c1-13(2,3)20-12(19)18-7-9(16)4-8-5-10(14)11(15)17-6-8/h5-6,9H,4,7,16H2,1-3H3,(H,18,19). The zero-order valence-corrected chi connectivity index (χ0v) is 13.3. The van der Waals surface area contributed by atoms with E-state index in [1.807, 2.05) is 0 Å². The van der Waals surface area contributed by atoms with Crippen LogP contribution in [0.25, 0.3) is 0 Å². The molecule has 1 aromatic rings. The molecule has 1 atom stereocenters. The highest BCUT2D eigenvalue weighted by atomic mass is 35.5. The van der Waals surface area contributed by atoms with E-state index in [1.54, 1.807) is 33.0 Å². The normalized spacial score (nSPS) is 12.9. The van der Waals surface area contributed by atoms with Crippen LogP contribution in [0.4, 0.5) is 4.79 Å². The van der Waals surface area contributed by atoms with E-state index in [0.717, 1.165) is 5.56 Å². The predicted molar refractivity (Wildman–Crippen MR) is 80.2 cm³/mol. The second-order valence-corrected chi connectivity index (χ2v) is 6.23. The van der Waals surface area contributed by atoms with Crippen molar-refractivity contribution in [3.05, 3.63) is 28.0 Å². The van der Waals surface area contributed by atoms with Crippen LogP contribution in [0.1, 0.15) is 26.3 Å². The first-order chi connectivity index (χ1) is 9.17. The van der Waals surface area contributed by atoms with Gasteiger partial charge in [-0.1, -0.05) is 23.2 Å². The molecule has 0 spiro atoms. The van der Waals surface area contributed by atoms with Gasteiger partial charge in [0.25, 0.3) is 0 Å². The van der Waals surface area contributed by atoms with Gasteiger partial charge < -0.3 is 15.8 Å². The second-order valence-electron chi connectivity index (χ2n) is 5.46. The first kappa shape index (κ1) is 17.0. The highest BCUT2D eigenvalue weighted by Gasteiger charge is 2.16. The maximum Gasteiger partial charge on any atom is 0.407 e. The van der Waals surface area contributed by atoms with Crippen LogP contribution in [0.3, 0.4) is 0 Å². The van der Waals surface area contributed by atoms with E-state index < -0.39 is 11.7 Å². The molecule has 0 saturated heterocycles. The number of pyridine rings is 1. The first-order valence-electron chi connectivity index (χ1n) is 6.20. The van der Waals surface area contributed by atoms with E-state index in [2.05, 4.69) is 10.3 Å².